The van der Waals surface area contributed by atoms with Gasteiger partial charge >= 0.3 is 6.29 Å². The molecule has 4 heterocycles. The van der Waals surface area contributed by atoms with Gasteiger partial charge in [-0.25, -0.2) is 25.6 Å². The van der Waals surface area contributed by atoms with Crippen LogP contribution < -0.4 is 18.9 Å². The SMILES string of the molecule is N#Cc1ccc(NS(=O)(=O)c2c[nH]c3cc(-c4ccc(Cl)s4)ccc23)c(F)c1.O=S(=O)(Nc1ccc(F)c2c1OC(F)(F)O2)c1c[nH]c2cc(Cl)ccc12. The number of sulfonamides is 2. The number of H-pyrrole nitrogens is 2. The van der Waals surface area contributed by atoms with Gasteiger partial charge < -0.3 is 19.4 Å². The molecule has 1 aliphatic rings. The number of ether oxygens (including phenoxy) is 2. The van der Waals surface area contributed by atoms with E-state index in [0.29, 0.717) is 31.2 Å². The van der Waals surface area contributed by atoms with Crippen LogP contribution in [0.5, 0.6) is 11.5 Å². The Kier molecular flexibility index (Phi) is 9.40. The summed E-state index contributed by atoms with van der Waals surface area (Å²) < 4.78 is 118. The Morgan fingerprint density at radius 1 is 0.722 bits per heavy atom. The van der Waals surface area contributed by atoms with Gasteiger partial charge in [0.15, 0.2) is 11.6 Å². The quantitative estimate of drug-likeness (QED) is 0.116. The molecule has 0 radical (unpaired) electrons. The summed E-state index contributed by atoms with van der Waals surface area (Å²) in [5, 5.41) is 10.0. The molecule has 8 rings (SSSR count). The van der Waals surface area contributed by atoms with E-state index < -0.39 is 49.5 Å². The number of aromatic amines is 2. The van der Waals surface area contributed by atoms with Gasteiger partial charge in [-0.05, 0) is 72.3 Å². The Labute approximate surface area is 316 Å². The van der Waals surface area contributed by atoms with E-state index in [0.717, 1.165) is 28.6 Å². The van der Waals surface area contributed by atoms with Crippen LogP contribution in [0.1, 0.15) is 5.56 Å². The lowest BCUT2D eigenvalue weighted by Gasteiger charge is -2.10. The van der Waals surface area contributed by atoms with Gasteiger partial charge in [0.05, 0.1) is 27.3 Å². The van der Waals surface area contributed by atoms with Gasteiger partial charge in [-0.15, -0.1) is 20.1 Å². The third-order valence-corrected chi connectivity index (χ3v) is 12.1. The van der Waals surface area contributed by atoms with Gasteiger partial charge in [0.25, 0.3) is 20.0 Å². The number of nitriles is 1. The van der Waals surface area contributed by atoms with Crippen LogP contribution in [0.3, 0.4) is 0 Å². The molecular formula is C34H19Cl2F4N5O6S3. The number of nitrogens with zero attached hydrogens (tertiary/aromatic N) is 1. The summed E-state index contributed by atoms with van der Waals surface area (Å²) in [6, 6.07) is 20.6. The fourth-order valence-corrected chi connectivity index (χ4v) is 9.08. The molecule has 11 nitrogen and oxygen atoms in total. The molecule has 276 valence electrons. The Morgan fingerprint density at radius 3 is 1.96 bits per heavy atom. The molecular weight excluding hydrogens is 818 g/mol. The molecule has 20 heteroatoms. The highest BCUT2D eigenvalue weighted by Crippen LogP contribution is 2.48. The second-order valence-electron chi connectivity index (χ2n) is 11.3. The molecule has 4 aromatic carbocycles. The van der Waals surface area contributed by atoms with E-state index in [4.69, 9.17) is 28.5 Å². The molecule has 3 aromatic heterocycles. The van der Waals surface area contributed by atoms with Crippen LogP contribution >= 0.6 is 34.5 Å². The Hall–Kier alpha value is -5.45. The highest BCUT2D eigenvalue weighted by Gasteiger charge is 2.46. The summed E-state index contributed by atoms with van der Waals surface area (Å²) in [6.07, 6.45) is -1.51. The number of hydrogen-bond acceptors (Lipinski definition) is 8. The molecule has 1 aliphatic heterocycles. The van der Waals surface area contributed by atoms with Crippen molar-refractivity contribution in [3.63, 3.8) is 0 Å². The van der Waals surface area contributed by atoms with Gasteiger partial charge in [0.1, 0.15) is 15.6 Å². The first-order valence-electron chi connectivity index (χ1n) is 15.0. The van der Waals surface area contributed by atoms with Crippen LogP contribution in [0, 0.1) is 23.0 Å². The van der Waals surface area contributed by atoms with Crippen molar-refractivity contribution in [2.24, 2.45) is 0 Å². The molecule has 0 aliphatic carbocycles. The molecule has 4 N–H and O–H groups in total. The number of thiophene rings is 1. The summed E-state index contributed by atoms with van der Waals surface area (Å²) >= 11 is 13.3. The topological polar surface area (TPSA) is 166 Å². The normalized spacial score (nSPS) is 13.4. The van der Waals surface area contributed by atoms with E-state index >= 15 is 0 Å². The van der Waals surface area contributed by atoms with Crippen LogP contribution in [-0.2, 0) is 20.0 Å². The lowest BCUT2D eigenvalue weighted by Crippen LogP contribution is -2.26. The molecule has 0 unspecified atom stereocenters. The molecule has 0 spiro atoms. The predicted molar refractivity (Wildman–Crippen MR) is 195 cm³/mol. The molecule has 0 fully saturated rings. The number of alkyl halides is 2. The monoisotopic (exact) mass is 835 g/mol. The predicted octanol–water partition coefficient (Wildman–Crippen LogP) is 9.44. The smallest absolute Gasteiger partial charge is 0.393 e. The minimum absolute atomic E-state index is 0.00187. The number of halogens is 6. The number of anilines is 2. The maximum atomic E-state index is 14.1. The van der Waals surface area contributed by atoms with Crippen molar-refractivity contribution in [2.75, 3.05) is 9.44 Å². The standard InChI is InChI=1S/C19H11ClFN3O2S2.C15H8ClF3N2O4S/c20-19-6-5-17(27-19)12-2-3-13-16(8-12)23-10-18(13)28(25,26)24-15-4-1-11(9-22)7-14(15)21;16-7-1-2-8-11(5-7)20-6-12(8)26(22,23)21-10-4-3-9(17)13-14(10)25-15(18,19)24-13/h1-8,10,23-24H;1-6,20-21H. The fraction of sp³-hybridized carbons (Fsp3) is 0.0294. The van der Waals surface area contributed by atoms with Gasteiger partial charge in [-0.2, -0.15) is 5.26 Å². The summed E-state index contributed by atoms with van der Waals surface area (Å²) in [7, 11) is -8.24. The molecule has 0 bridgehead atoms. The van der Waals surface area contributed by atoms with E-state index in [9.17, 15) is 34.4 Å². The van der Waals surface area contributed by atoms with E-state index in [1.165, 1.54) is 54.1 Å². The van der Waals surface area contributed by atoms with Crippen LogP contribution in [0.2, 0.25) is 9.36 Å². The number of rotatable bonds is 7. The Bertz CT molecular complexity index is 2890. The summed E-state index contributed by atoms with van der Waals surface area (Å²) in [5.41, 5.74) is 1.49. The number of benzene rings is 4. The zero-order chi connectivity index (χ0) is 38.6. The first-order chi connectivity index (χ1) is 25.5. The van der Waals surface area contributed by atoms with Crippen molar-refractivity contribution >= 4 is 87.8 Å². The minimum Gasteiger partial charge on any atom is -0.393 e. The van der Waals surface area contributed by atoms with Crippen LogP contribution in [0.4, 0.5) is 28.9 Å². The number of aromatic nitrogens is 2. The second kappa shape index (κ2) is 13.8. The highest BCUT2D eigenvalue weighted by atomic mass is 35.5. The third-order valence-electron chi connectivity index (χ3n) is 7.78. The molecule has 0 saturated heterocycles. The summed E-state index contributed by atoms with van der Waals surface area (Å²) in [4.78, 5) is 6.52. The third kappa shape index (κ3) is 7.23. The number of nitrogens with one attached hydrogen (secondary N) is 4. The molecule has 54 heavy (non-hydrogen) atoms. The molecule has 0 saturated carbocycles. The molecule has 0 amide bonds. The van der Waals surface area contributed by atoms with Gasteiger partial charge in [0, 0.05) is 44.1 Å². The first kappa shape index (κ1) is 36.9. The maximum Gasteiger partial charge on any atom is 0.586 e. The minimum atomic E-state index is -4.21. The van der Waals surface area contributed by atoms with Crippen LogP contribution in [0.25, 0.3) is 32.2 Å². The van der Waals surface area contributed by atoms with Crippen molar-refractivity contribution in [1.82, 2.24) is 9.97 Å². The van der Waals surface area contributed by atoms with Crippen molar-refractivity contribution in [1.29, 1.82) is 5.26 Å². The van der Waals surface area contributed by atoms with Crippen LogP contribution in [-0.4, -0.2) is 33.1 Å². The zero-order valence-electron chi connectivity index (χ0n) is 26.5. The largest absolute Gasteiger partial charge is 0.586 e. The van der Waals surface area contributed by atoms with Crippen molar-refractivity contribution in [3.05, 3.63) is 118 Å². The molecule has 0 atom stereocenters. The van der Waals surface area contributed by atoms with E-state index in [2.05, 4.69) is 28.9 Å². The second-order valence-corrected chi connectivity index (χ2v) is 16.8. The lowest BCUT2D eigenvalue weighted by molar-refractivity contribution is -0.287. The van der Waals surface area contributed by atoms with Crippen molar-refractivity contribution in [3.8, 4) is 28.0 Å². The average Bonchev–Trinajstić information content (AvgIpc) is 3.91. The van der Waals surface area contributed by atoms with Crippen LogP contribution in [0.15, 0.2) is 101 Å². The van der Waals surface area contributed by atoms with Gasteiger partial charge in [-0.1, -0.05) is 35.3 Å². The maximum absolute atomic E-state index is 14.1. The molecule has 7 aromatic rings. The average molecular weight is 837 g/mol. The highest BCUT2D eigenvalue weighted by molar-refractivity contribution is 7.93. The Balaban J connectivity index is 0.000000167. The van der Waals surface area contributed by atoms with E-state index in [1.807, 2.05) is 12.1 Å². The van der Waals surface area contributed by atoms with E-state index in [-0.39, 0.29) is 26.7 Å². The number of hydrogen-bond donors (Lipinski definition) is 4. The number of fused-ring (bicyclic) bond motifs is 3. The Morgan fingerprint density at radius 2 is 1.33 bits per heavy atom. The summed E-state index contributed by atoms with van der Waals surface area (Å²) in [5.74, 6) is -3.54. The van der Waals surface area contributed by atoms with Crippen molar-refractivity contribution in [2.45, 2.75) is 16.1 Å². The lowest BCUT2D eigenvalue weighted by atomic mass is 10.1. The van der Waals surface area contributed by atoms with Crippen molar-refractivity contribution < 1.29 is 43.9 Å². The first-order valence-corrected chi connectivity index (χ1v) is 19.5. The van der Waals surface area contributed by atoms with Gasteiger partial charge in [0.2, 0.25) is 5.75 Å². The zero-order valence-corrected chi connectivity index (χ0v) is 30.5. The fourth-order valence-electron chi connectivity index (χ4n) is 5.38. The summed E-state index contributed by atoms with van der Waals surface area (Å²) in [6.45, 7) is 0. The van der Waals surface area contributed by atoms with Gasteiger partial charge in [-0.3, -0.25) is 9.44 Å². The van der Waals surface area contributed by atoms with E-state index in [1.54, 1.807) is 24.3 Å².